The van der Waals surface area contributed by atoms with Crippen molar-refractivity contribution in [1.29, 1.82) is 0 Å². The van der Waals surface area contributed by atoms with Gasteiger partial charge >= 0.3 is 0 Å². The molecule has 0 bridgehead atoms. The van der Waals surface area contributed by atoms with Gasteiger partial charge in [-0.15, -0.1) is 0 Å². The summed E-state index contributed by atoms with van der Waals surface area (Å²) in [4.78, 5) is 25.4. The summed E-state index contributed by atoms with van der Waals surface area (Å²) in [6.45, 7) is 1.47. The Bertz CT molecular complexity index is 533. The topological polar surface area (TPSA) is 69.6 Å². The van der Waals surface area contributed by atoms with Crippen molar-refractivity contribution >= 4 is 11.8 Å². The van der Waals surface area contributed by atoms with Gasteiger partial charge in [0.05, 0.1) is 0 Å². The second-order valence-electron chi connectivity index (χ2n) is 5.85. The van der Waals surface area contributed by atoms with Gasteiger partial charge in [0.1, 0.15) is 11.8 Å². The van der Waals surface area contributed by atoms with Crippen LogP contribution in [0.3, 0.4) is 0 Å². The number of aromatic hydroxyl groups is 1. The molecule has 5 nitrogen and oxygen atoms in total. The maximum Gasteiger partial charge on any atom is 0.245 e. The number of amides is 2. The van der Waals surface area contributed by atoms with E-state index >= 15 is 0 Å². The van der Waals surface area contributed by atoms with E-state index in [0.29, 0.717) is 18.8 Å². The predicted molar refractivity (Wildman–Crippen MR) is 77.8 cm³/mol. The highest BCUT2D eigenvalue weighted by atomic mass is 16.3. The van der Waals surface area contributed by atoms with Gasteiger partial charge in [-0.05, 0) is 42.9 Å². The number of benzene rings is 1. The highest BCUT2D eigenvalue weighted by Gasteiger charge is 2.32. The largest absolute Gasteiger partial charge is 0.508 e. The predicted octanol–water partition coefficient (Wildman–Crippen LogP) is 1.38. The lowest BCUT2D eigenvalue weighted by Gasteiger charge is -2.33. The van der Waals surface area contributed by atoms with Gasteiger partial charge in [-0.2, -0.15) is 0 Å². The van der Waals surface area contributed by atoms with Crippen LogP contribution in [0.15, 0.2) is 24.3 Å². The van der Waals surface area contributed by atoms with E-state index in [0.717, 1.165) is 25.9 Å². The van der Waals surface area contributed by atoms with E-state index in [1.54, 1.807) is 12.1 Å². The van der Waals surface area contributed by atoms with E-state index in [9.17, 15) is 14.7 Å². The summed E-state index contributed by atoms with van der Waals surface area (Å²) in [5.74, 6) is 0.758. The molecular formula is C16H20N2O3. The van der Waals surface area contributed by atoms with Crippen LogP contribution < -0.4 is 5.32 Å². The molecule has 1 atom stereocenters. The Balaban J connectivity index is 1.56. The average Bonchev–Trinajstić information content (AvgIpc) is 2.94. The SMILES string of the molecule is O=C1CCC(C(=O)N2CCC(c3ccc(O)cc3)CC2)N1. The van der Waals surface area contributed by atoms with Crippen molar-refractivity contribution in [1.82, 2.24) is 10.2 Å². The maximum atomic E-state index is 12.3. The molecule has 112 valence electrons. The fraction of sp³-hybridized carbons (Fsp3) is 0.500. The molecule has 1 unspecified atom stereocenters. The maximum absolute atomic E-state index is 12.3. The van der Waals surface area contributed by atoms with Crippen molar-refractivity contribution in [3.05, 3.63) is 29.8 Å². The molecular weight excluding hydrogens is 268 g/mol. The van der Waals surface area contributed by atoms with E-state index in [1.165, 1.54) is 5.56 Å². The van der Waals surface area contributed by atoms with Gasteiger partial charge in [0.15, 0.2) is 0 Å². The molecule has 3 rings (SSSR count). The van der Waals surface area contributed by atoms with Gasteiger partial charge in [0.2, 0.25) is 11.8 Å². The first kappa shape index (κ1) is 13.9. The Morgan fingerprint density at radius 2 is 1.81 bits per heavy atom. The van der Waals surface area contributed by atoms with Gasteiger partial charge in [0, 0.05) is 19.5 Å². The van der Waals surface area contributed by atoms with Crippen LogP contribution in [0.5, 0.6) is 5.75 Å². The monoisotopic (exact) mass is 288 g/mol. The minimum atomic E-state index is -0.317. The van der Waals surface area contributed by atoms with E-state index in [2.05, 4.69) is 5.32 Å². The van der Waals surface area contributed by atoms with Gasteiger partial charge < -0.3 is 15.3 Å². The first-order valence-corrected chi connectivity index (χ1v) is 7.50. The minimum Gasteiger partial charge on any atom is -0.508 e. The van der Waals surface area contributed by atoms with Gasteiger partial charge in [-0.25, -0.2) is 0 Å². The van der Waals surface area contributed by atoms with E-state index in [1.807, 2.05) is 17.0 Å². The second kappa shape index (κ2) is 5.76. The molecule has 2 aliphatic heterocycles. The minimum absolute atomic E-state index is 0.0210. The number of hydrogen-bond acceptors (Lipinski definition) is 3. The zero-order valence-electron chi connectivity index (χ0n) is 11.9. The quantitative estimate of drug-likeness (QED) is 0.863. The highest BCUT2D eigenvalue weighted by molar-refractivity contribution is 5.90. The number of piperidine rings is 1. The second-order valence-corrected chi connectivity index (χ2v) is 5.85. The van der Waals surface area contributed by atoms with Crippen molar-refractivity contribution in [2.75, 3.05) is 13.1 Å². The molecule has 2 fully saturated rings. The number of phenols is 1. The fourth-order valence-corrected chi connectivity index (χ4v) is 3.20. The molecule has 0 spiro atoms. The van der Waals surface area contributed by atoms with E-state index < -0.39 is 0 Å². The van der Waals surface area contributed by atoms with Gasteiger partial charge in [-0.1, -0.05) is 12.1 Å². The van der Waals surface area contributed by atoms with Crippen molar-refractivity contribution in [2.45, 2.75) is 37.6 Å². The smallest absolute Gasteiger partial charge is 0.245 e. The number of rotatable bonds is 2. The Kier molecular flexibility index (Phi) is 3.82. The Labute approximate surface area is 123 Å². The van der Waals surface area contributed by atoms with Crippen molar-refractivity contribution in [3.8, 4) is 5.75 Å². The lowest BCUT2D eigenvalue weighted by Crippen LogP contribution is -2.47. The molecule has 0 saturated carbocycles. The van der Waals surface area contributed by atoms with Crippen molar-refractivity contribution in [2.24, 2.45) is 0 Å². The van der Waals surface area contributed by atoms with E-state index in [-0.39, 0.29) is 23.6 Å². The number of nitrogens with zero attached hydrogens (tertiary/aromatic N) is 1. The molecule has 0 aliphatic carbocycles. The van der Waals surface area contributed by atoms with Crippen LogP contribution in [-0.4, -0.2) is 41.0 Å². The summed E-state index contributed by atoms with van der Waals surface area (Å²) >= 11 is 0. The number of carbonyl (C=O) groups is 2. The Hall–Kier alpha value is -2.04. The molecule has 2 heterocycles. The van der Waals surface area contributed by atoms with Crippen LogP contribution in [-0.2, 0) is 9.59 Å². The van der Waals surface area contributed by atoms with Crippen molar-refractivity contribution < 1.29 is 14.7 Å². The molecule has 21 heavy (non-hydrogen) atoms. The molecule has 1 aromatic carbocycles. The van der Waals surface area contributed by atoms with Gasteiger partial charge in [0.25, 0.3) is 0 Å². The summed E-state index contributed by atoms with van der Waals surface area (Å²) in [5, 5.41) is 12.1. The fourth-order valence-electron chi connectivity index (χ4n) is 3.20. The van der Waals surface area contributed by atoms with E-state index in [4.69, 9.17) is 0 Å². The number of carbonyl (C=O) groups excluding carboxylic acids is 2. The van der Waals surface area contributed by atoms with Crippen LogP contribution in [0.25, 0.3) is 0 Å². The van der Waals surface area contributed by atoms with Crippen LogP contribution >= 0.6 is 0 Å². The molecule has 1 aromatic rings. The third-order valence-corrected chi connectivity index (χ3v) is 4.46. The molecule has 0 aromatic heterocycles. The number of hydrogen-bond donors (Lipinski definition) is 2. The summed E-state index contributed by atoms with van der Waals surface area (Å²) < 4.78 is 0. The molecule has 2 aliphatic rings. The summed E-state index contributed by atoms with van der Waals surface area (Å²) in [5.41, 5.74) is 1.22. The van der Waals surface area contributed by atoms with Gasteiger partial charge in [-0.3, -0.25) is 9.59 Å². The van der Waals surface area contributed by atoms with Crippen LogP contribution in [0, 0.1) is 0 Å². The van der Waals surface area contributed by atoms with Crippen LogP contribution in [0.1, 0.15) is 37.2 Å². The van der Waals surface area contributed by atoms with Crippen molar-refractivity contribution in [3.63, 3.8) is 0 Å². The number of likely N-dealkylation sites (tertiary alicyclic amines) is 1. The van der Waals surface area contributed by atoms with Crippen LogP contribution in [0.4, 0.5) is 0 Å². The zero-order valence-corrected chi connectivity index (χ0v) is 11.9. The normalized spacial score (nSPS) is 23.1. The number of phenolic OH excluding ortho intramolecular Hbond substituents is 1. The summed E-state index contributed by atoms with van der Waals surface area (Å²) in [7, 11) is 0. The molecule has 2 saturated heterocycles. The molecule has 2 amide bonds. The Morgan fingerprint density at radius 3 is 2.38 bits per heavy atom. The lowest BCUT2D eigenvalue weighted by atomic mass is 9.89. The highest BCUT2D eigenvalue weighted by Crippen LogP contribution is 2.29. The third kappa shape index (κ3) is 3.01. The Morgan fingerprint density at radius 1 is 1.14 bits per heavy atom. The first-order chi connectivity index (χ1) is 10.1. The molecule has 2 N–H and O–H groups in total. The summed E-state index contributed by atoms with van der Waals surface area (Å²) in [6, 6.07) is 7.01. The molecule has 0 radical (unpaired) electrons. The standard InChI is InChI=1S/C16H20N2O3/c19-13-3-1-11(2-4-13)12-7-9-18(10-8-12)16(21)14-5-6-15(20)17-14/h1-4,12,14,19H,5-10H2,(H,17,20). The average molecular weight is 288 g/mol. The summed E-state index contributed by atoms with van der Waals surface area (Å²) in [6.07, 6.45) is 2.93. The third-order valence-electron chi connectivity index (χ3n) is 4.46. The molecule has 5 heteroatoms. The first-order valence-electron chi connectivity index (χ1n) is 7.50. The number of nitrogens with one attached hydrogen (secondary N) is 1. The zero-order chi connectivity index (χ0) is 14.8. The lowest BCUT2D eigenvalue weighted by molar-refractivity contribution is -0.135. The van der Waals surface area contributed by atoms with Crippen LogP contribution in [0.2, 0.25) is 0 Å².